The van der Waals surface area contributed by atoms with Crippen LogP contribution in [0.3, 0.4) is 0 Å². The van der Waals surface area contributed by atoms with Crippen molar-refractivity contribution in [2.75, 3.05) is 0 Å². The summed E-state index contributed by atoms with van der Waals surface area (Å²) in [5.41, 5.74) is 1.83. The quantitative estimate of drug-likeness (QED) is 0.531. The summed E-state index contributed by atoms with van der Waals surface area (Å²) in [7, 11) is 0. The Kier molecular flexibility index (Phi) is 5.97. The van der Waals surface area contributed by atoms with Crippen molar-refractivity contribution in [2.24, 2.45) is 5.41 Å². The predicted molar refractivity (Wildman–Crippen MR) is 80.5 cm³/mol. The molecule has 1 aromatic rings. The van der Waals surface area contributed by atoms with Crippen molar-refractivity contribution in [2.45, 2.75) is 59.8 Å². The highest BCUT2D eigenvalue weighted by Gasteiger charge is 2.10. The van der Waals surface area contributed by atoms with E-state index < -0.39 is 0 Å². The molecule has 0 N–H and O–H groups in total. The molecular weight excluding hydrogens is 224 g/mol. The second kappa shape index (κ2) is 7.00. The van der Waals surface area contributed by atoms with Gasteiger partial charge in [0.25, 0.3) is 0 Å². The summed E-state index contributed by atoms with van der Waals surface area (Å²) < 4.78 is 0. The molecule has 0 aliphatic rings. The molecule has 0 saturated heterocycles. The number of hydrogen-bond donors (Lipinski definition) is 0. The molecule has 0 aliphatic carbocycles. The van der Waals surface area contributed by atoms with Crippen LogP contribution in [-0.4, -0.2) is 0 Å². The van der Waals surface area contributed by atoms with E-state index in [-0.39, 0.29) is 5.41 Å². The van der Waals surface area contributed by atoms with Gasteiger partial charge >= 0.3 is 0 Å². The first-order chi connectivity index (χ1) is 8.03. The van der Waals surface area contributed by atoms with E-state index in [9.17, 15) is 0 Å². The molecule has 0 atom stereocenters. The molecule has 17 heavy (non-hydrogen) atoms. The highest BCUT2D eigenvalue weighted by Crippen LogP contribution is 2.30. The number of rotatable bonds is 6. The molecule has 0 bridgehead atoms. The van der Waals surface area contributed by atoms with Crippen LogP contribution in [0.15, 0.2) is 23.6 Å². The predicted octanol–water partition coefficient (Wildman–Crippen LogP) is 6.15. The minimum Gasteiger partial charge on any atom is -0.144 e. The molecule has 1 rings (SSSR count). The first kappa shape index (κ1) is 14.5. The van der Waals surface area contributed by atoms with Crippen LogP contribution in [0.1, 0.15) is 64.7 Å². The number of thiophene rings is 1. The van der Waals surface area contributed by atoms with E-state index in [1.165, 1.54) is 37.0 Å². The third-order valence-corrected chi connectivity index (χ3v) is 3.69. The molecule has 0 fully saturated rings. The SMILES string of the molecule is CCCCCC/C(=C\C(C)(C)C)c1cccs1. The maximum absolute atomic E-state index is 2.45. The Bertz CT molecular complexity index is 325. The average Bonchev–Trinajstić information content (AvgIpc) is 2.74. The van der Waals surface area contributed by atoms with Crippen LogP contribution in [0.5, 0.6) is 0 Å². The lowest BCUT2D eigenvalue weighted by Crippen LogP contribution is -2.01. The van der Waals surface area contributed by atoms with Gasteiger partial charge < -0.3 is 0 Å². The van der Waals surface area contributed by atoms with E-state index in [0.717, 1.165) is 0 Å². The monoisotopic (exact) mass is 250 g/mol. The topological polar surface area (TPSA) is 0 Å². The van der Waals surface area contributed by atoms with Crippen molar-refractivity contribution in [3.8, 4) is 0 Å². The number of unbranched alkanes of at least 4 members (excludes halogenated alkanes) is 3. The third-order valence-electron chi connectivity index (χ3n) is 2.74. The molecule has 0 aliphatic heterocycles. The van der Waals surface area contributed by atoms with Gasteiger partial charge in [-0.05, 0) is 35.3 Å². The summed E-state index contributed by atoms with van der Waals surface area (Å²) >= 11 is 1.87. The second-order valence-corrected chi connectivity index (χ2v) is 6.77. The third kappa shape index (κ3) is 6.07. The van der Waals surface area contributed by atoms with Gasteiger partial charge in [0.15, 0.2) is 0 Å². The Morgan fingerprint density at radius 2 is 2.00 bits per heavy atom. The van der Waals surface area contributed by atoms with Gasteiger partial charge in [-0.2, -0.15) is 0 Å². The Morgan fingerprint density at radius 3 is 2.53 bits per heavy atom. The van der Waals surface area contributed by atoms with Crippen molar-refractivity contribution in [1.82, 2.24) is 0 Å². The fourth-order valence-electron chi connectivity index (χ4n) is 1.99. The standard InChI is InChI=1S/C16H26S/c1-5-6-7-8-10-14(13-16(2,3)4)15-11-9-12-17-15/h9,11-13H,5-8,10H2,1-4H3/b14-13+. The molecule has 1 heteroatoms. The lowest BCUT2D eigenvalue weighted by molar-refractivity contribution is 0.543. The molecule has 1 aromatic heterocycles. The van der Waals surface area contributed by atoms with Crippen molar-refractivity contribution in [1.29, 1.82) is 0 Å². The highest BCUT2D eigenvalue weighted by molar-refractivity contribution is 7.11. The maximum Gasteiger partial charge on any atom is 0.0299 e. The zero-order valence-corrected chi connectivity index (χ0v) is 12.6. The van der Waals surface area contributed by atoms with Crippen LogP contribution >= 0.6 is 11.3 Å². The summed E-state index contributed by atoms with van der Waals surface area (Å²) in [5.74, 6) is 0. The molecule has 0 amide bonds. The van der Waals surface area contributed by atoms with Gasteiger partial charge in [-0.1, -0.05) is 59.1 Å². The van der Waals surface area contributed by atoms with E-state index in [1.807, 2.05) is 11.3 Å². The van der Waals surface area contributed by atoms with Gasteiger partial charge in [0.05, 0.1) is 0 Å². The van der Waals surface area contributed by atoms with Gasteiger partial charge in [0, 0.05) is 4.88 Å². The lowest BCUT2D eigenvalue weighted by Gasteiger charge is -2.16. The van der Waals surface area contributed by atoms with Crippen LogP contribution in [0.2, 0.25) is 0 Å². The van der Waals surface area contributed by atoms with Gasteiger partial charge in [0.1, 0.15) is 0 Å². The molecule has 96 valence electrons. The zero-order valence-electron chi connectivity index (χ0n) is 11.8. The lowest BCUT2D eigenvalue weighted by atomic mass is 9.91. The molecule has 0 nitrogen and oxygen atoms in total. The summed E-state index contributed by atoms with van der Waals surface area (Å²) in [6.07, 6.45) is 9.06. The van der Waals surface area contributed by atoms with Gasteiger partial charge in [-0.15, -0.1) is 11.3 Å². The molecule has 0 spiro atoms. The van der Waals surface area contributed by atoms with Crippen molar-refractivity contribution in [3.63, 3.8) is 0 Å². The van der Waals surface area contributed by atoms with E-state index in [4.69, 9.17) is 0 Å². The molecule has 0 saturated carbocycles. The number of hydrogen-bond acceptors (Lipinski definition) is 1. The minimum atomic E-state index is 0.282. The van der Waals surface area contributed by atoms with Gasteiger partial charge in [-0.25, -0.2) is 0 Å². The molecule has 0 radical (unpaired) electrons. The summed E-state index contributed by atoms with van der Waals surface area (Å²) in [4.78, 5) is 1.46. The minimum absolute atomic E-state index is 0.282. The fourth-order valence-corrected chi connectivity index (χ4v) is 2.77. The Balaban J connectivity index is 2.65. The van der Waals surface area contributed by atoms with Crippen LogP contribution in [-0.2, 0) is 0 Å². The summed E-state index contributed by atoms with van der Waals surface area (Å²) in [6, 6.07) is 4.41. The highest BCUT2D eigenvalue weighted by atomic mass is 32.1. The van der Waals surface area contributed by atoms with E-state index in [2.05, 4.69) is 51.3 Å². The van der Waals surface area contributed by atoms with E-state index in [1.54, 1.807) is 5.57 Å². The Hall–Kier alpha value is -0.560. The normalized spacial score (nSPS) is 13.1. The van der Waals surface area contributed by atoms with Crippen LogP contribution in [0.4, 0.5) is 0 Å². The van der Waals surface area contributed by atoms with E-state index in [0.29, 0.717) is 0 Å². The van der Waals surface area contributed by atoms with Crippen LogP contribution in [0, 0.1) is 5.41 Å². The first-order valence-corrected chi connectivity index (χ1v) is 7.66. The fraction of sp³-hybridized carbons (Fsp3) is 0.625. The van der Waals surface area contributed by atoms with Crippen molar-refractivity contribution >= 4 is 16.9 Å². The smallest absolute Gasteiger partial charge is 0.0299 e. The molecular formula is C16H26S. The molecule has 0 aromatic carbocycles. The van der Waals surface area contributed by atoms with Crippen molar-refractivity contribution < 1.29 is 0 Å². The second-order valence-electron chi connectivity index (χ2n) is 5.82. The Morgan fingerprint density at radius 1 is 1.24 bits per heavy atom. The maximum atomic E-state index is 2.45. The van der Waals surface area contributed by atoms with Gasteiger partial charge in [-0.3, -0.25) is 0 Å². The van der Waals surface area contributed by atoms with Gasteiger partial charge in [0.2, 0.25) is 0 Å². The van der Waals surface area contributed by atoms with Crippen LogP contribution in [0.25, 0.3) is 5.57 Å². The summed E-state index contributed by atoms with van der Waals surface area (Å²) in [5, 5.41) is 2.18. The first-order valence-electron chi connectivity index (χ1n) is 6.78. The Labute approximate surface area is 111 Å². The molecule has 1 heterocycles. The largest absolute Gasteiger partial charge is 0.144 e. The molecule has 0 unspecified atom stereocenters. The van der Waals surface area contributed by atoms with Crippen LogP contribution < -0.4 is 0 Å². The number of allylic oxidation sites excluding steroid dienone is 2. The zero-order chi connectivity index (χ0) is 12.7. The summed E-state index contributed by atoms with van der Waals surface area (Å²) in [6.45, 7) is 9.12. The average molecular weight is 250 g/mol. The van der Waals surface area contributed by atoms with E-state index >= 15 is 0 Å². The van der Waals surface area contributed by atoms with Crippen molar-refractivity contribution in [3.05, 3.63) is 28.5 Å².